The van der Waals surface area contributed by atoms with Gasteiger partial charge in [0.25, 0.3) is 0 Å². The number of benzene rings is 3. The van der Waals surface area contributed by atoms with E-state index in [2.05, 4.69) is 10.2 Å². The zero-order valence-corrected chi connectivity index (χ0v) is 17.8. The summed E-state index contributed by atoms with van der Waals surface area (Å²) in [7, 11) is 0. The summed E-state index contributed by atoms with van der Waals surface area (Å²) in [4.78, 5) is 0. The van der Waals surface area contributed by atoms with Crippen LogP contribution in [0.4, 0.5) is 4.39 Å². The summed E-state index contributed by atoms with van der Waals surface area (Å²) in [5.74, 6) is 0.931. The minimum absolute atomic E-state index is 0.0376. The lowest BCUT2D eigenvalue weighted by Gasteiger charge is -2.29. The zero-order valence-electron chi connectivity index (χ0n) is 17.0. The lowest BCUT2D eigenvalue weighted by atomic mass is 10.0. The van der Waals surface area contributed by atoms with Gasteiger partial charge in [-0.05, 0) is 30.3 Å². The zero-order chi connectivity index (χ0) is 21.9. The van der Waals surface area contributed by atoms with E-state index in [-0.39, 0.29) is 17.6 Å². The smallest absolute Gasteiger partial charge is 0.196 e. The number of para-hydroxylation sites is 3. The van der Waals surface area contributed by atoms with E-state index in [0.717, 1.165) is 11.3 Å². The van der Waals surface area contributed by atoms with Gasteiger partial charge in [0, 0.05) is 11.3 Å². The Kier molecular flexibility index (Phi) is 5.79. The Bertz CT molecular complexity index is 1220. The monoisotopic (exact) mass is 449 g/mol. The summed E-state index contributed by atoms with van der Waals surface area (Å²) in [5.41, 5.74) is 1.60. The highest BCUT2D eigenvalue weighted by Crippen LogP contribution is 2.40. The Hall–Kier alpha value is -3.36. The Morgan fingerprint density at radius 3 is 2.59 bits per heavy atom. The number of ether oxygens (including phenoxy) is 2. The first kappa shape index (κ1) is 20.5. The molecule has 0 radical (unpaired) electrons. The molecule has 0 bridgehead atoms. The van der Waals surface area contributed by atoms with Gasteiger partial charge in [-0.25, -0.2) is 4.39 Å². The summed E-state index contributed by atoms with van der Waals surface area (Å²) in [5, 5.41) is 19.9. The van der Waals surface area contributed by atoms with Crippen molar-refractivity contribution in [1.29, 1.82) is 0 Å². The summed E-state index contributed by atoms with van der Waals surface area (Å²) >= 11 is 1.39. The SMILES string of the molecule is O[C@@H]1c2ccccc2OC[C@H]1Sc1nnc(COc2ccccc2F)n1-c1ccccc1. The number of aromatic nitrogens is 3. The van der Waals surface area contributed by atoms with Crippen LogP contribution in [0, 0.1) is 5.82 Å². The topological polar surface area (TPSA) is 69.4 Å². The van der Waals surface area contributed by atoms with Gasteiger partial charge in [-0.15, -0.1) is 10.2 Å². The number of aliphatic hydroxyl groups is 1. The molecule has 8 heteroatoms. The minimum Gasteiger partial charge on any atom is -0.492 e. The van der Waals surface area contributed by atoms with Crippen molar-refractivity contribution in [2.75, 3.05) is 6.61 Å². The molecule has 5 rings (SSSR count). The number of hydrogen-bond acceptors (Lipinski definition) is 6. The molecule has 0 spiro atoms. The second-order valence-corrected chi connectivity index (χ2v) is 8.45. The maximum Gasteiger partial charge on any atom is 0.196 e. The molecule has 32 heavy (non-hydrogen) atoms. The second-order valence-electron chi connectivity index (χ2n) is 7.24. The van der Waals surface area contributed by atoms with Crippen molar-refractivity contribution in [3.63, 3.8) is 0 Å². The number of fused-ring (bicyclic) bond motifs is 1. The van der Waals surface area contributed by atoms with Crippen molar-refractivity contribution in [3.05, 3.63) is 96.1 Å². The minimum atomic E-state index is -0.705. The van der Waals surface area contributed by atoms with Crippen molar-refractivity contribution >= 4 is 11.8 Å². The van der Waals surface area contributed by atoms with E-state index in [0.29, 0.717) is 23.3 Å². The molecule has 0 amide bonds. The van der Waals surface area contributed by atoms with Gasteiger partial charge in [0.05, 0.1) is 11.4 Å². The molecule has 2 atom stereocenters. The van der Waals surface area contributed by atoms with Crippen LogP contribution >= 0.6 is 11.8 Å². The average Bonchev–Trinajstić information content (AvgIpc) is 3.23. The number of rotatable bonds is 6. The Labute approximate surface area is 188 Å². The molecular formula is C24H20FN3O3S. The van der Waals surface area contributed by atoms with Crippen molar-refractivity contribution in [2.24, 2.45) is 0 Å². The van der Waals surface area contributed by atoms with Gasteiger partial charge >= 0.3 is 0 Å². The maximum absolute atomic E-state index is 14.0. The van der Waals surface area contributed by atoms with Crippen LogP contribution in [0.1, 0.15) is 17.5 Å². The van der Waals surface area contributed by atoms with Crippen LogP contribution in [0.2, 0.25) is 0 Å². The van der Waals surface area contributed by atoms with Crippen molar-refractivity contribution < 1.29 is 19.0 Å². The van der Waals surface area contributed by atoms with E-state index < -0.39 is 11.9 Å². The summed E-state index contributed by atoms with van der Waals surface area (Å²) in [6, 6.07) is 23.3. The third-order valence-corrected chi connectivity index (χ3v) is 6.33. The molecule has 0 saturated carbocycles. The normalized spacial score (nSPS) is 17.4. The molecule has 4 aromatic rings. The molecule has 6 nitrogen and oxygen atoms in total. The first-order valence-corrected chi connectivity index (χ1v) is 11.0. The molecule has 1 N–H and O–H groups in total. The van der Waals surface area contributed by atoms with E-state index in [9.17, 15) is 9.50 Å². The molecule has 0 aliphatic carbocycles. The second kappa shape index (κ2) is 9.02. The first-order chi connectivity index (χ1) is 15.7. The molecule has 162 valence electrons. The molecular weight excluding hydrogens is 429 g/mol. The highest BCUT2D eigenvalue weighted by Gasteiger charge is 2.32. The maximum atomic E-state index is 14.0. The van der Waals surface area contributed by atoms with Crippen LogP contribution in [0.25, 0.3) is 5.69 Å². The van der Waals surface area contributed by atoms with E-state index in [4.69, 9.17) is 9.47 Å². The molecule has 1 aromatic heterocycles. The van der Waals surface area contributed by atoms with Gasteiger partial charge in [0.15, 0.2) is 22.5 Å². The van der Waals surface area contributed by atoms with Gasteiger partial charge in [-0.3, -0.25) is 4.57 Å². The fourth-order valence-electron chi connectivity index (χ4n) is 3.56. The van der Waals surface area contributed by atoms with Gasteiger partial charge in [0.2, 0.25) is 0 Å². The van der Waals surface area contributed by atoms with Crippen molar-refractivity contribution in [3.8, 4) is 17.2 Å². The molecule has 1 aliphatic rings. The Balaban J connectivity index is 1.43. The highest BCUT2D eigenvalue weighted by atomic mass is 32.2. The third kappa shape index (κ3) is 4.06. The van der Waals surface area contributed by atoms with E-state index in [1.165, 1.54) is 17.8 Å². The molecule has 3 aromatic carbocycles. The summed E-state index contributed by atoms with van der Waals surface area (Å²) < 4.78 is 27.4. The van der Waals surface area contributed by atoms with E-state index >= 15 is 0 Å². The fourth-order valence-corrected chi connectivity index (χ4v) is 4.65. The number of thioether (sulfide) groups is 1. The summed E-state index contributed by atoms with van der Waals surface area (Å²) in [6.45, 7) is 0.376. The van der Waals surface area contributed by atoms with Gasteiger partial charge in [0.1, 0.15) is 19.0 Å². The number of nitrogens with zero attached hydrogens (tertiary/aromatic N) is 3. The number of halogens is 1. The van der Waals surface area contributed by atoms with Crippen molar-refractivity contribution in [1.82, 2.24) is 14.8 Å². The van der Waals surface area contributed by atoms with Crippen LogP contribution in [-0.4, -0.2) is 31.7 Å². The first-order valence-electron chi connectivity index (χ1n) is 10.1. The van der Waals surface area contributed by atoms with Gasteiger partial charge in [-0.2, -0.15) is 0 Å². The van der Waals surface area contributed by atoms with Crippen LogP contribution < -0.4 is 9.47 Å². The fraction of sp³-hybridized carbons (Fsp3) is 0.167. The molecule has 0 unspecified atom stereocenters. The molecule has 2 heterocycles. The van der Waals surface area contributed by atoms with Crippen molar-refractivity contribution in [2.45, 2.75) is 23.1 Å². The number of hydrogen-bond donors (Lipinski definition) is 1. The lowest BCUT2D eigenvalue weighted by molar-refractivity contribution is 0.122. The number of aliphatic hydroxyl groups excluding tert-OH is 1. The summed E-state index contributed by atoms with van der Waals surface area (Å²) in [6.07, 6.45) is -0.705. The average molecular weight is 450 g/mol. The predicted octanol–water partition coefficient (Wildman–Crippen LogP) is 4.57. The Morgan fingerprint density at radius 2 is 1.75 bits per heavy atom. The van der Waals surface area contributed by atoms with E-state index in [1.54, 1.807) is 18.2 Å². The lowest BCUT2D eigenvalue weighted by Crippen LogP contribution is -2.28. The highest BCUT2D eigenvalue weighted by molar-refractivity contribution is 7.99. The van der Waals surface area contributed by atoms with Gasteiger partial charge < -0.3 is 14.6 Å². The molecule has 1 aliphatic heterocycles. The van der Waals surface area contributed by atoms with Crippen LogP contribution in [0.3, 0.4) is 0 Å². The standard InChI is InChI=1S/C24H20FN3O3S/c25-18-11-5-7-13-20(18)31-15-22-26-27-24(28(22)16-8-2-1-3-9-16)32-21-14-30-19-12-6-4-10-17(19)23(21)29/h1-13,21,23,29H,14-15H2/t21-,23-/m1/s1. The predicted molar refractivity (Wildman–Crippen MR) is 119 cm³/mol. The van der Waals surface area contributed by atoms with Crippen LogP contribution in [0.15, 0.2) is 84.0 Å². The third-order valence-electron chi connectivity index (χ3n) is 5.16. The Morgan fingerprint density at radius 1 is 1.00 bits per heavy atom. The van der Waals surface area contributed by atoms with Crippen LogP contribution in [0.5, 0.6) is 11.5 Å². The largest absolute Gasteiger partial charge is 0.492 e. The molecule has 0 fully saturated rings. The van der Waals surface area contributed by atoms with E-state index in [1.807, 2.05) is 59.2 Å². The molecule has 0 saturated heterocycles. The van der Waals surface area contributed by atoms with Crippen LogP contribution in [-0.2, 0) is 6.61 Å². The quantitative estimate of drug-likeness (QED) is 0.465. The van der Waals surface area contributed by atoms with Gasteiger partial charge in [-0.1, -0.05) is 60.3 Å².